The number of hydrogen-bond donors (Lipinski definition) is 0. The van der Waals surface area contributed by atoms with Gasteiger partial charge in [0.2, 0.25) is 0 Å². The van der Waals surface area contributed by atoms with Gasteiger partial charge in [-0.3, -0.25) is 4.79 Å². The minimum absolute atomic E-state index is 0. The Bertz CT molecular complexity index is 132. The zero-order chi connectivity index (χ0) is 8.91. The van der Waals surface area contributed by atoms with Crippen molar-refractivity contribution in [1.82, 2.24) is 0 Å². The third-order valence-corrected chi connectivity index (χ3v) is 1.24. The maximum absolute atomic E-state index is 11.1. The molecule has 0 aliphatic heterocycles. The van der Waals surface area contributed by atoms with Crippen LogP contribution in [0.4, 0.5) is 0 Å². The van der Waals surface area contributed by atoms with Gasteiger partial charge in [0.05, 0.1) is 12.0 Å². The van der Waals surface area contributed by atoms with Crippen molar-refractivity contribution in [1.29, 1.82) is 0 Å². The second kappa shape index (κ2) is 9.38. The van der Waals surface area contributed by atoms with E-state index in [1.807, 2.05) is 20.8 Å². The van der Waals surface area contributed by atoms with Crippen LogP contribution in [0.1, 0.15) is 33.6 Å². The van der Waals surface area contributed by atoms with E-state index >= 15 is 0 Å². The molecule has 0 aliphatic carbocycles. The first-order valence-corrected chi connectivity index (χ1v) is 3.95. The molecule has 2 nitrogen and oxygen atoms in total. The van der Waals surface area contributed by atoms with Crippen molar-refractivity contribution < 1.29 is 53.0 Å². The quantitative estimate of drug-likeness (QED) is 0.288. The first kappa shape index (κ1) is 19.4. The molecule has 0 atom stereocenters. The Labute approximate surface area is 111 Å². The normalized spacial score (nSPS) is 9.54. The topological polar surface area (TPSA) is 26.3 Å². The van der Waals surface area contributed by atoms with Gasteiger partial charge in [0.1, 0.15) is 0 Å². The van der Waals surface area contributed by atoms with Crippen LogP contribution in [0.25, 0.3) is 0 Å². The van der Waals surface area contributed by atoms with Crippen LogP contribution in [0.3, 0.4) is 0 Å². The van der Waals surface area contributed by atoms with E-state index in [1.165, 1.54) is 0 Å². The fraction of sp³-hybridized carbons (Fsp3) is 0.778. The minimum Gasteiger partial charge on any atom is -1.00 e. The molecule has 0 heterocycles. The maximum atomic E-state index is 11.1. The predicted octanol–water partition coefficient (Wildman–Crippen LogP) is -0.809. The first-order valence-electron chi connectivity index (χ1n) is 3.95. The van der Waals surface area contributed by atoms with Crippen LogP contribution in [0.5, 0.6) is 0 Å². The van der Waals surface area contributed by atoms with Crippen LogP contribution in [-0.2, 0) is 29.0 Å². The van der Waals surface area contributed by atoms with Crippen LogP contribution in [0.2, 0.25) is 0 Å². The second-order valence-electron chi connectivity index (χ2n) is 3.59. The fourth-order valence-electron chi connectivity index (χ4n) is 0.483. The van der Waals surface area contributed by atoms with E-state index in [4.69, 9.17) is 4.74 Å². The molecule has 0 aromatic carbocycles. The number of ether oxygens (including phenoxy) is 1. The summed E-state index contributed by atoms with van der Waals surface area (Å²) in [4.78, 5) is 11.1. The van der Waals surface area contributed by atoms with Crippen LogP contribution in [-0.4, -0.2) is 12.6 Å². The Kier molecular flexibility index (Phi) is 14.0. The molecule has 0 spiro atoms. The van der Waals surface area contributed by atoms with Gasteiger partial charge in [0, 0.05) is 19.5 Å². The van der Waals surface area contributed by atoms with Crippen LogP contribution in [0, 0.1) is 12.3 Å². The third kappa shape index (κ3) is 10.7. The second-order valence-corrected chi connectivity index (χ2v) is 3.59. The summed E-state index contributed by atoms with van der Waals surface area (Å²) in [6.45, 7) is 9.69. The van der Waals surface area contributed by atoms with Crippen molar-refractivity contribution in [2.24, 2.45) is 5.41 Å². The SMILES string of the molecule is [CH2]CCCOC(=O)C(C)(C)C.[I-].[Zn]. The van der Waals surface area contributed by atoms with Gasteiger partial charge < -0.3 is 28.7 Å². The van der Waals surface area contributed by atoms with Gasteiger partial charge in [-0.2, -0.15) is 0 Å². The molecule has 0 rings (SSSR count). The molecule has 0 bridgehead atoms. The van der Waals surface area contributed by atoms with Gasteiger partial charge in [-0.05, 0) is 27.2 Å². The molecule has 0 fully saturated rings. The average molecular weight is 350 g/mol. The number of unbranched alkanes of at least 4 members (excludes halogenated alkanes) is 1. The molecule has 75 valence electrons. The molecule has 0 aliphatic rings. The van der Waals surface area contributed by atoms with Crippen LogP contribution >= 0.6 is 0 Å². The zero-order valence-electron chi connectivity index (χ0n) is 8.73. The van der Waals surface area contributed by atoms with E-state index in [1.54, 1.807) is 0 Å². The first-order chi connectivity index (χ1) is 4.98. The molecule has 0 N–H and O–H groups in total. The summed E-state index contributed by atoms with van der Waals surface area (Å²) in [5, 5.41) is 0. The van der Waals surface area contributed by atoms with Crippen molar-refractivity contribution in [2.75, 3.05) is 6.61 Å². The largest absolute Gasteiger partial charge is 1.00 e. The van der Waals surface area contributed by atoms with E-state index in [2.05, 4.69) is 6.92 Å². The maximum Gasteiger partial charge on any atom is 0.311 e. The summed E-state index contributed by atoms with van der Waals surface area (Å²) in [7, 11) is 0. The van der Waals surface area contributed by atoms with E-state index < -0.39 is 0 Å². The van der Waals surface area contributed by atoms with E-state index in [0.29, 0.717) is 6.61 Å². The van der Waals surface area contributed by atoms with Crippen molar-refractivity contribution >= 4 is 5.97 Å². The van der Waals surface area contributed by atoms with Crippen molar-refractivity contribution in [3.05, 3.63) is 6.92 Å². The molecule has 0 saturated carbocycles. The Hall–Kier alpha value is 0.823. The number of carbonyl (C=O) groups is 1. The summed E-state index contributed by atoms with van der Waals surface area (Å²) in [5.41, 5.74) is -0.374. The molecule has 0 aromatic rings. The number of carbonyl (C=O) groups excluding carboxylic acids is 1. The summed E-state index contributed by atoms with van der Waals surface area (Å²) < 4.78 is 4.97. The summed E-state index contributed by atoms with van der Waals surface area (Å²) in [6, 6.07) is 0. The molecule has 0 amide bonds. The fourth-order valence-corrected chi connectivity index (χ4v) is 0.483. The van der Waals surface area contributed by atoms with Gasteiger partial charge in [-0.1, -0.05) is 13.3 Å². The van der Waals surface area contributed by atoms with Crippen LogP contribution in [0.15, 0.2) is 0 Å². The molecule has 4 heteroatoms. The number of hydrogen-bond acceptors (Lipinski definition) is 2. The van der Waals surface area contributed by atoms with Crippen molar-refractivity contribution in [3.63, 3.8) is 0 Å². The standard InChI is InChI=1S/C9H17O2.HI.Zn/c1-5-6-7-11-8(10)9(2,3)4;;/h1,5-7H2,2-4H3;1H;/p-1. The Balaban J connectivity index is -0.000000500. The Morgan fingerprint density at radius 2 is 1.85 bits per heavy atom. The molecule has 13 heavy (non-hydrogen) atoms. The Morgan fingerprint density at radius 1 is 1.38 bits per heavy atom. The van der Waals surface area contributed by atoms with Gasteiger partial charge in [-0.25, -0.2) is 0 Å². The third-order valence-electron chi connectivity index (χ3n) is 1.24. The van der Waals surface area contributed by atoms with Crippen molar-refractivity contribution in [3.8, 4) is 0 Å². The van der Waals surface area contributed by atoms with Gasteiger partial charge in [-0.15, -0.1) is 0 Å². The molecule has 0 unspecified atom stereocenters. The molecule has 0 saturated heterocycles. The monoisotopic (exact) mass is 348 g/mol. The Morgan fingerprint density at radius 3 is 2.15 bits per heavy atom. The number of halogens is 1. The van der Waals surface area contributed by atoms with E-state index in [-0.39, 0.29) is 54.8 Å². The summed E-state index contributed by atoms with van der Waals surface area (Å²) in [5.74, 6) is -0.133. The zero-order valence-corrected chi connectivity index (χ0v) is 13.9. The summed E-state index contributed by atoms with van der Waals surface area (Å²) in [6.07, 6.45) is 1.67. The van der Waals surface area contributed by atoms with E-state index in [9.17, 15) is 4.79 Å². The minimum atomic E-state index is -0.374. The smallest absolute Gasteiger partial charge is 0.311 e. The van der Waals surface area contributed by atoms with Gasteiger partial charge >= 0.3 is 5.97 Å². The van der Waals surface area contributed by atoms with Crippen LogP contribution < -0.4 is 24.0 Å². The molecular formula is C9H17IO2Zn-. The number of esters is 1. The van der Waals surface area contributed by atoms with Gasteiger partial charge in [0.25, 0.3) is 0 Å². The predicted molar refractivity (Wildman–Crippen MR) is 45.0 cm³/mol. The van der Waals surface area contributed by atoms with Crippen molar-refractivity contribution in [2.45, 2.75) is 33.6 Å². The molecular weight excluding hydrogens is 332 g/mol. The number of rotatable bonds is 3. The molecule has 1 radical (unpaired) electrons. The van der Waals surface area contributed by atoms with E-state index in [0.717, 1.165) is 12.8 Å². The van der Waals surface area contributed by atoms with Gasteiger partial charge in [0.15, 0.2) is 0 Å². The average Bonchev–Trinajstić information content (AvgIpc) is 1.86. The molecule has 0 aromatic heterocycles. The summed E-state index contributed by atoms with van der Waals surface area (Å²) >= 11 is 0.